The van der Waals surface area contributed by atoms with Crippen LogP contribution in [0.2, 0.25) is 0 Å². The van der Waals surface area contributed by atoms with E-state index in [0.29, 0.717) is 24.5 Å². The van der Waals surface area contributed by atoms with Crippen LogP contribution in [0.25, 0.3) is 0 Å². The maximum absolute atomic E-state index is 13.6. The van der Waals surface area contributed by atoms with Crippen molar-refractivity contribution in [2.75, 3.05) is 7.05 Å². The van der Waals surface area contributed by atoms with Crippen molar-refractivity contribution in [1.82, 2.24) is 15.4 Å². The van der Waals surface area contributed by atoms with Gasteiger partial charge in [0.05, 0.1) is 12.1 Å². The van der Waals surface area contributed by atoms with Gasteiger partial charge in [-0.25, -0.2) is 4.39 Å². The van der Waals surface area contributed by atoms with E-state index in [9.17, 15) is 14.3 Å². The van der Waals surface area contributed by atoms with Crippen LogP contribution in [0.15, 0.2) is 65.2 Å². The van der Waals surface area contributed by atoms with E-state index >= 15 is 0 Å². The van der Waals surface area contributed by atoms with E-state index in [-0.39, 0.29) is 11.6 Å². The number of nitrogens with zero attached hydrogens (tertiary/aromatic N) is 2. The van der Waals surface area contributed by atoms with Gasteiger partial charge in [-0.2, -0.15) is 0 Å². The molecule has 1 amide bonds. The van der Waals surface area contributed by atoms with Crippen LogP contribution in [0.5, 0.6) is 5.75 Å². The quantitative estimate of drug-likeness (QED) is 0.589. The van der Waals surface area contributed by atoms with Crippen molar-refractivity contribution < 1.29 is 23.6 Å². The standard InChI is InChI=1S/C24H26FN3O4/c1-15-11-20(27-32-15)24(30)26-19-13-21(31-18-10-6-9-17(25)12-18)23(29)22(19)28(2)14-16-7-4-3-5-8-16/h3-12,19,21-23,29H,13-14H2,1-2H3,(H,26,30)/t19-,21-,22+,23+/m1/s1. The Morgan fingerprint density at radius 1 is 1.25 bits per heavy atom. The fraction of sp³-hybridized carbons (Fsp3) is 0.333. The highest BCUT2D eigenvalue weighted by Gasteiger charge is 2.46. The zero-order valence-electron chi connectivity index (χ0n) is 17.9. The monoisotopic (exact) mass is 439 g/mol. The predicted molar refractivity (Wildman–Crippen MR) is 116 cm³/mol. The van der Waals surface area contributed by atoms with Crippen molar-refractivity contribution in [3.8, 4) is 5.75 Å². The minimum absolute atomic E-state index is 0.177. The molecule has 1 fully saturated rings. The lowest BCUT2D eigenvalue weighted by molar-refractivity contribution is 0.0124. The molecule has 0 spiro atoms. The zero-order valence-corrected chi connectivity index (χ0v) is 17.9. The Hall–Kier alpha value is -3.23. The number of carbonyl (C=O) groups is 1. The SMILES string of the molecule is Cc1cc(C(=O)N[C@@H]2C[C@@H](Oc3cccc(F)c3)[C@H](O)[C@H]2N(C)Cc2ccccc2)no1. The Kier molecular flexibility index (Phi) is 6.53. The summed E-state index contributed by atoms with van der Waals surface area (Å²) in [7, 11) is 1.89. The number of nitrogens with one attached hydrogen (secondary N) is 1. The predicted octanol–water partition coefficient (Wildman–Crippen LogP) is 2.93. The summed E-state index contributed by atoms with van der Waals surface area (Å²) >= 11 is 0. The third kappa shape index (κ3) is 4.98. The van der Waals surface area contributed by atoms with Gasteiger partial charge in [0.15, 0.2) is 5.69 Å². The van der Waals surface area contributed by atoms with Crippen LogP contribution >= 0.6 is 0 Å². The van der Waals surface area contributed by atoms with Crippen molar-refractivity contribution in [3.05, 3.63) is 83.5 Å². The Labute approximate surface area is 185 Å². The summed E-state index contributed by atoms with van der Waals surface area (Å²) in [5, 5.41) is 17.9. The van der Waals surface area contributed by atoms with Crippen LogP contribution in [-0.2, 0) is 6.54 Å². The van der Waals surface area contributed by atoms with Gasteiger partial charge < -0.3 is 19.7 Å². The van der Waals surface area contributed by atoms with Crippen molar-refractivity contribution in [3.63, 3.8) is 0 Å². The van der Waals surface area contributed by atoms with Gasteiger partial charge in [-0.15, -0.1) is 0 Å². The fourth-order valence-electron chi connectivity index (χ4n) is 4.22. The van der Waals surface area contributed by atoms with E-state index in [4.69, 9.17) is 9.26 Å². The Morgan fingerprint density at radius 3 is 2.72 bits per heavy atom. The largest absolute Gasteiger partial charge is 0.487 e. The number of aliphatic hydroxyl groups is 1. The van der Waals surface area contributed by atoms with Crippen LogP contribution in [0.3, 0.4) is 0 Å². The summed E-state index contributed by atoms with van der Waals surface area (Å²) in [4.78, 5) is 14.7. The molecule has 2 N–H and O–H groups in total. The van der Waals surface area contributed by atoms with Crippen LogP contribution in [0.4, 0.5) is 4.39 Å². The highest BCUT2D eigenvalue weighted by molar-refractivity contribution is 5.92. The number of aryl methyl sites for hydroxylation is 1. The van der Waals surface area contributed by atoms with Crippen molar-refractivity contribution in [1.29, 1.82) is 0 Å². The lowest BCUT2D eigenvalue weighted by Gasteiger charge is -2.32. The summed E-state index contributed by atoms with van der Waals surface area (Å²) in [5.74, 6) is 0.0619. The molecule has 4 atom stereocenters. The summed E-state index contributed by atoms with van der Waals surface area (Å²) in [6.07, 6.45) is -1.18. The second-order valence-electron chi connectivity index (χ2n) is 8.13. The molecule has 3 aromatic rings. The molecule has 1 aliphatic rings. The van der Waals surface area contributed by atoms with Crippen molar-refractivity contribution >= 4 is 5.91 Å². The summed E-state index contributed by atoms with van der Waals surface area (Å²) in [6, 6.07) is 16.4. The third-order valence-electron chi connectivity index (χ3n) is 5.67. The minimum Gasteiger partial charge on any atom is -0.487 e. The molecule has 0 aliphatic heterocycles. The molecule has 0 radical (unpaired) electrons. The van der Waals surface area contributed by atoms with Gasteiger partial charge in [0.2, 0.25) is 0 Å². The molecule has 1 saturated carbocycles. The van der Waals surface area contributed by atoms with Crippen LogP contribution in [0.1, 0.15) is 28.2 Å². The average Bonchev–Trinajstić information content (AvgIpc) is 3.32. The van der Waals surface area contributed by atoms with Gasteiger partial charge in [0, 0.05) is 25.1 Å². The number of rotatable bonds is 7. The number of aliphatic hydroxyl groups excluding tert-OH is 1. The first-order valence-corrected chi connectivity index (χ1v) is 10.5. The van der Waals surface area contributed by atoms with Crippen molar-refractivity contribution in [2.24, 2.45) is 0 Å². The number of aromatic nitrogens is 1. The number of hydrogen-bond acceptors (Lipinski definition) is 6. The number of amides is 1. The number of carbonyl (C=O) groups excluding carboxylic acids is 1. The molecule has 168 valence electrons. The topological polar surface area (TPSA) is 87.8 Å². The number of likely N-dealkylation sites (N-methyl/N-ethyl adjacent to an activating group) is 1. The number of halogens is 1. The molecule has 32 heavy (non-hydrogen) atoms. The highest BCUT2D eigenvalue weighted by Crippen LogP contribution is 2.30. The smallest absolute Gasteiger partial charge is 0.273 e. The zero-order chi connectivity index (χ0) is 22.7. The molecule has 8 heteroatoms. The summed E-state index contributed by atoms with van der Waals surface area (Å²) in [5.41, 5.74) is 1.25. The van der Waals surface area contributed by atoms with E-state index in [1.807, 2.05) is 42.3 Å². The molecule has 0 unspecified atom stereocenters. The minimum atomic E-state index is -0.906. The maximum Gasteiger partial charge on any atom is 0.273 e. The number of hydrogen-bond donors (Lipinski definition) is 2. The second kappa shape index (κ2) is 9.50. The average molecular weight is 439 g/mol. The lowest BCUT2D eigenvalue weighted by atomic mass is 10.1. The van der Waals surface area contributed by atoms with Gasteiger partial charge in [-0.1, -0.05) is 41.6 Å². The van der Waals surface area contributed by atoms with Crippen molar-refractivity contribution in [2.45, 2.75) is 44.2 Å². The highest BCUT2D eigenvalue weighted by atomic mass is 19.1. The van der Waals surface area contributed by atoms with E-state index < -0.39 is 30.1 Å². The Morgan fingerprint density at radius 2 is 2.03 bits per heavy atom. The maximum atomic E-state index is 13.6. The fourth-order valence-corrected chi connectivity index (χ4v) is 4.22. The van der Waals surface area contributed by atoms with E-state index in [2.05, 4.69) is 10.5 Å². The summed E-state index contributed by atoms with van der Waals surface area (Å²) < 4.78 is 24.5. The summed E-state index contributed by atoms with van der Waals surface area (Å²) in [6.45, 7) is 2.28. The van der Waals surface area contributed by atoms with Gasteiger partial charge >= 0.3 is 0 Å². The molecule has 7 nitrogen and oxygen atoms in total. The van der Waals surface area contributed by atoms with E-state index in [0.717, 1.165) is 5.56 Å². The molecular formula is C24H26FN3O4. The van der Waals surface area contributed by atoms with Crippen LogP contribution in [0, 0.1) is 12.7 Å². The first-order chi connectivity index (χ1) is 15.4. The number of benzene rings is 2. The van der Waals surface area contributed by atoms with Gasteiger partial charge in [0.1, 0.15) is 29.5 Å². The lowest BCUT2D eigenvalue weighted by Crippen LogP contribution is -2.51. The normalized spacial score (nSPS) is 22.8. The molecular weight excluding hydrogens is 413 g/mol. The van der Waals surface area contributed by atoms with E-state index in [1.165, 1.54) is 12.1 Å². The van der Waals surface area contributed by atoms with Gasteiger partial charge in [0.25, 0.3) is 5.91 Å². The Bertz CT molecular complexity index is 1060. The first kappa shape index (κ1) is 22.0. The number of ether oxygens (including phenoxy) is 1. The Balaban J connectivity index is 1.54. The molecule has 4 rings (SSSR count). The van der Waals surface area contributed by atoms with Gasteiger partial charge in [-0.3, -0.25) is 9.69 Å². The third-order valence-corrected chi connectivity index (χ3v) is 5.67. The van der Waals surface area contributed by atoms with Crippen LogP contribution in [-0.4, -0.2) is 52.4 Å². The van der Waals surface area contributed by atoms with E-state index in [1.54, 1.807) is 25.1 Å². The molecule has 1 aliphatic carbocycles. The van der Waals surface area contributed by atoms with Crippen LogP contribution < -0.4 is 10.1 Å². The second-order valence-corrected chi connectivity index (χ2v) is 8.13. The molecule has 0 bridgehead atoms. The van der Waals surface area contributed by atoms with Gasteiger partial charge in [-0.05, 0) is 31.7 Å². The molecule has 2 aromatic carbocycles. The first-order valence-electron chi connectivity index (χ1n) is 10.5. The molecule has 0 saturated heterocycles. The molecule has 1 aromatic heterocycles. The molecule has 1 heterocycles.